The number of hydrogen-bond donors (Lipinski definition) is 1. The second kappa shape index (κ2) is 6.31. The van der Waals surface area contributed by atoms with E-state index in [1.54, 1.807) is 6.07 Å². The minimum absolute atomic E-state index is 0.0186. The summed E-state index contributed by atoms with van der Waals surface area (Å²) in [6, 6.07) is 6.96. The Hall–Kier alpha value is -2.48. The van der Waals surface area contributed by atoms with E-state index in [4.69, 9.17) is 0 Å². The third kappa shape index (κ3) is 3.54. The first-order valence-electron chi connectivity index (χ1n) is 5.82. The summed E-state index contributed by atoms with van der Waals surface area (Å²) < 4.78 is 13.8. The second-order valence-electron chi connectivity index (χ2n) is 3.98. The Balaban J connectivity index is 2.43. The Morgan fingerprint density at radius 2 is 2.14 bits per heavy atom. The molecule has 0 unspecified atom stereocenters. The number of halogens is 1. The highest BCUT2D eigenvalue weighted by molar-refractivity contribution is 7.99. The average molecular weight is 307 g/mol. The van der Waals surface area contributed by atoms with Crippen LogP contribution < -0.4 is 5.32 Å². The zero-order valence-electron chi connectivity index (χ0n) is 10.9. The van der Waals surface area contributed by atoms with Gasteiger partial charge in [-0.3, -0.25) is 14.9 Å². The molecule has 8 heteroatoms. The molecule has 1 amide bonds. The lowest BCUT2D eigenvalue weighted by atomic mass is 10.3. The van der Waals surface area contributed by atoms with Gasteiger partial charge in [0.05, 0.1) is 10.6 Å². The molecule has 0 radical (unpaired) electrons. The molecule has 0 aliphatic rings. The number of aromatic nitrogens is 1. The molecule has 0 spiro atoms. The molecule has 2 rings (SSSR count). The number of nitro groups is 1. The number of para-hydroxylation sites is 1. The smallest absolute Gasteiger partial charge is 0.301 e. The van der Waals surface area contributed by atoms with E-state index in [1.165, 1.54) is 37.4 Å². The lowest BCUT2D eigenvalue weighted by Gasteiger charge is -2.10. The molecule has 6 nitrogen and oxygen atoms in total. The maximum Gasteiger partial charge on any atom is 0.301 e. The number of carbonyl (C=O) groups is 1. The molecule has 0 atom stereocenters. The van der Waals surface area contributed by atoms with Gasteiger partial charge < -0.3 is 5.32 Å². The van der Waals surface area contributed by atoms with Crippen LogP contribution in [0.1, 0.15) is 6.92 Å². The number of anilines is 1. The molecular weight excluding hydrogens is 297 g/mol. The largest absolute Gasteiger partial charge is 0.323 e. The Labute approximate surface area is 123 Å². The summed E-state index contributed by atoms with van der Waals surface area (Å²) >= 11 is 0.918. The lowest BCUT2D eigenvalue weighted by molar-refractivity contribution is -0.388. The molecule has 0 bridgehead atoms. The van der Waals surface area contributed by atoms with Crippen LogP contribution >= 0.6 is 11.8 Å². The minimum atomic E-state index is -0.617. The van der Waals surface area contributed by atoms with Gasteiger partial charge in [-0.15, -0.1) is 0 Å². The standard InChI is InChI=1S/C13H10FN3O3S/c1-8(18)16-12-9(14)4-2-6-11(12)21-13-10(17(19)20)5-3-7-15-13/h2-7H,1H3,(H,16,18). The van der Waals surface area contributed by atoms with Gasteiger partial charge in [-0.05, 0) is 18.2 Å². The maximum absolute atomic E-state index is 13.8. The van der Waals surface area contributed by atoms with Gasteiger partial charge in [0.25, 0.3) is 0 Å². The zero-order chi connectivity index (χ0) is 15.4. The molecule has 1 N–H and O–H groups in total. The number of nitrogens with one attached hydrogen (secondary N) is 1. The molecule has 1 aromatic carbocycles. The summed E-state index contributed by atoms with van der Waals surface area (Å²) in [5.74, 6) is -1.05. The molecule has 0 fully saturated rings. The Bertz CT molecular complexity index is 709. The third-order valence-corrected chi connectivity index (χ3v) is 3.50. The molecule has 0 aliphatic carbocycles. The molecular formula is C13H10FN3O3S. The van der Waals surface area contributed by atoms with Crippen molar-refractivity contribution in [1.82, 2.24) is 4.98 Å². The Kier molecular flexibility index (Phi) is 4.49. The molecule has 1 aromatic heterocycles. The van der Waals surface area contributed by atoms with Gasteiger partial charge in [0.15, 0.2) is 5.03 Å². The summed E-state index contributed by atoms with van der Waals surface area (Å²) in [5.41, 5.74) is -0.199. The Morgan fingerprint density at radius 3 is 2.81 bits per heavy atom. The van der Waals surface area contributed by atoms with Gasteiger partial charge in [0, 0.05) is 24.1 Å². The fourth-order valence-corrected chi connectivity index (χ4v) is 2.56. The van der Waals surface area contributed by atoms with Crippen molar-refractivity contribution in [2.24, 2.45) is 0 Å². The van der Waals surface area contributed by atoms with Crippen LogP contribution in [0.4, 0.5) is 15.8 Å². The van der Waals surface area contributed by atoms with Gasteiger partial charge in [-0.1, -0.05) is 17.8 Å². The van der Waals surface area contributed by atoms with Crippen LogP contribution in [0.3, 0.4) is 0 Å². The van der Waals surface area contributed by atoms with Crippen molar-refractivity contribution < 1.29 is 14.1 Å². The third-order valence-electron chi connectivity index (χ3n) is 2.43. The monoisotopic (exact) mass is 307 g/mol. The zero-order valence-corrected chi connectivity index (χ0v) is 11.7. The van der Waals surface area contributed by atoms with Crippen LogP contribution in [0.5, 0.6) is 0 Å². The normalized spacial score (nSPS) is 10.2. The van der Waals surface area contributed by atoms with E-state index in [1.807, 2.05) is 0 Å². The Morgan fingerprint density at radius 1 is 1.38 bits per heavy atom. The van der Waals surface area contributed by atoms with Crippen LogP contribution in [0.2, 0.25) is 0 Å². The van der Waals surface area contributed by atoms with E-state index in [0.717, 1.165) is 11.8 Å². The quantitative estimate of drug-likeness (QED) is 0.692. The van der Waals surface area contributed by atoms with Gasteiger partial charge >= 0.3 is 5.69 Å². The van der Waals surface area contributed by atoms with Crippen LogP contribution in [-0.2, 0) is 4.79 Å². The minimum Gasteiger partial charge on any atom is -0.323 e. The number of amides is 1. The van der Waals surface area contributed by atoms with E-state index in [0.29, 0.717) is 4.90 Å². The van der Waals surface area contributed by atoms with Gasteiger partial charge in [0.2, 0.25) is 5.91 Å². The fourth-order valence-electron chi connectivity index (χ4n) is 1.59. The maximum atomic E-state index is 13.8. The molecule has 0 saturated carbocycles. The molecule has 108 valence electrons. The number of rotatable bonds is 4. The van der Waals surface area contributed by atoms with E-state index in [-0.39, 0.29) is 16.4 Å². The first-order chi connectivity index (χ1) is 9.99. The van der Waals surface area contributed by atoms with Gasteiger partial charge in [-0.2, -0.15) is 0 Å². The van der Waals surface area contributed by atoms with Crippen molar-refractivity contribution in [2.45, 2.75) is 16.8 Å². The van der Waals surface area contributed by atoms with E-state index in [9.17, 15) is 19.3 Å². The molecule has 1 heterocycles. The average Bonchev–Trinajstić information content (AvgIpc) is 2.42. The highest BCUT2D eigenvalue weighted by atomic mass is 32.2. The van der Waals surface area contributed by atoms with Crippen molar-refractivity contribution in [3.63, 3.8) is 0 Å². The van der Waals surface area contributed by atoms with Crippen molar-refractivity contribution in [1.29, 1.82) is 0 Å². The van der Waals surface area contributed by atoms with Crippen molar-refractivity contribution in [3.05, 3.63) is 52.5 Å². The highest BCUT2D eigenvalue weighted by Gasteiger charge is 2.18. The van der Waals surface area contributed by atoms with Crippen LogP contribution in [0, 0.1) is 15.9 Å². The summed E-state index contributed by atoms with van der Waals surface area (Å²) in [4.78, 5) is 25.8. The summed E-state index contributed by atoms with van der Waals surface area (Å²) in [6.45, 7) is 1.25. The topological polar surface area (TPSA) is 85.1 Å². The summed E-state index contributed by atoms with van der Waals surface area (Å²) in [5, 5.41) is 13.5. The van der Waals surface area contributed by atoms with Crippen molar-refractivity contribution in [3.8, 4) is 0 Å². The summed E-state index contributed by atoms with van der Waals surface area (Å²) in [6.07, 6.45) is 1.41. The van der Waals surface area contributed by atoms with E-state index < -0.39 is 16.6 Å². The molecule has 21 heavy (non-hydrogen) atoms. The van der Waals surface area contributed by atoms with E-state index in [2.05, 4.69) is 10.3 Å². The molecule has 0 saturated heterocycles. The number of carbonyl (C=O) groups excluding carboxylic acids is 1. The summed E-state index contributed by atoms with van der Waals surface area (Å²) in [7, 11) is 0. The predicted octanol–water partition coefficient (Wildman–Crippen LogP) is 3.24. The highest BCUT2D eigenvalue weighted by Crippen LogP contribution is 2.37. The van der Waals surface area contributed by atoms with Gasteiger partial charge in [-0.25, -0.2) is 9.37 Å². The second-order valence-corrected chi connectivity index (χ2v) is 5.01. The van der Waals surface area contributed by atoms with Crippen LogP contribution in [0.15, 0.2) is 46.5 Å². The number of nitrogens with zero attached hydrogens (tertiary/aromatic N) is 2. The number of hydrogen-bond acceptors (Lipinski definition) is 5. The van der Waals surface area contributed by atoms with Crippen LogP contribution in [0.25, 0.3) is 0 Å². The first-order valence-corrected chi connectivity index (χ1v) is 6.64. The van der Waals surface area contributed by atoms with E-state index >= 15 is 0 Å². The fraction of sp³-hybridized carbons (Fsp3) is 0.0769. The first kappa shape index (κ1) is 14.9. The predicted molar refractivity (Wildman–Crippen MR) is 75.7 cm³/mol. The van der Waals surface area contributed by atoms with Crippen LogP contribution in [-0.4, -0.2) is 15.8 Å². The molecule has 0 aliphatic heterocycles. The lowest BCUT2D eigenvalue weighted by Crippen LogP contribution is -2.08. The van der Waals surface area contributed by atoms with Crippen molar-refractivity contribution in [2.75, 3.05) is 5.32 Å². The number of benzene rings is 1. The number of pyridine rings is 1. The SMILES string of the molecule is CC(=O)Nc1c(F)cccc1Sc1ncccc1[N+](=O)[O-]. The molecule has 2 aromatic rings. The van der Waals surface area contributed by atoms with Gasteiger partial charge in [0.1, 0.15) is 5.82 Å². The van der Waals surface area contributed by atoms with Crippen molar-refractivity contribution >= 4 is 29.0 Å².